The van der Waals surface area contributed by atoms with Gasteiger partial charge < -0.3 is 9.80 Å². The van der Waals surface area contributed by atoms with Gasteiger partial charge in [-0.05, 0) is 106 Å². The fourth-order valence-electron chi connectivity index (χ4n) is 6.75. The maximum atomic E-state index is 4.61. The Morgan fingerprint density at radius 2 is 1.66 bits per heavy atom. The minimum absolute atomic E-state index is 0.513. The third-order valence-corrected chi connectivity index (χ3v) is 8.74. The molecule has 2 saturated heterocycles. The van der Waals surface area contributed by atoms with Crippen LogP contribution < -0.4 is 0 Å². The molecule has 3 aliphatic rings. The van der Waals surface area contributed by atoms with Crippen molar-refractivity contribution >= 4 is 5.70 Å². The van der Waals surface area contributed by atoms with Gasteiger partial charge in [0.2, 0.25) is 0 Å². The van der Waals surface area contributed by atoms with Gasteiger partial charge in [0.1, 0.15) is 0 Å². The van der Waals surface area contributed by atoms with Gasteiger partial charge in [0, 0.05) is 42.8 Å². The number of likely N-dealkylation sites (tertiary alicyclic amines) is 2. The van der Waals surface area contributed by atoms with Crippen molar-refractivity contribution in [2.24, 2.45) is 5.92 Å². The number of aromatic nitrogens is 1. The van der Waals surface area contributed by atoms with Crippen LogP contribution >= 0.6 is 0 Å². The van der Waals surface area contributed by atoms with Crippen LogP contribution in [0.3, 0.4) is 0 Å². The molecule has 3 heterocycles. The second-order valence-electron chi connectivity index (χ2n) is 11.3. The molecule has 1 aromatic carbocycles. The van der Waals surface area contributed by atoms with Crippen LogP contribution in [-0.4, -0.2) is 47.0 Å². The summed E-state index contributed by atoms with van der Waals surface area (Å²) in [6.07, 6.45) is 15.1. The summed E-state index contributed by atoms with van der Waals surface area (Å²) in [6.45, 7) is 20.3. The van der Waals surface area contributed by atoms with Gasteiger partial charge in [0.15, 0.2) is 0 Å². The Bertz CT molecular complexity index is 1130. The predicted octanol–water partition coefficient (Wildman–Crippen LogP) is 8.54. The largest absolute Gasteiger partial charge is 0.371 e. The lowest BCUT2D eigenvalue weighted by atomic mass is 9.82. The zero-order valence-corrected chi connectivity index (χ0v) is 24.6. The molecule has 0 saturated carbocycles. The van der Waals surface area contributed by atoms with Gasteiger partial charge >= 0.3 is 0 Å². The predicted molar refractivity (Wildman–Crippen MR) is 164 cm³/mol. The van der Waals surface area contributed by atoms with Gasteiger partial charge in [0.05, 0.1) is 0 Å². The van der Waals surface area contributed by atoms with Crippen molar-refractivity contribution in [3.8, 4) is 11.1 Å². The fraction of sp³-hybridized carbons (Fsp3) is 0.514. The molecule has 5 rings (SSSR count). The first-order valence-electron chi connectivity index (χ1n) is 15.1. The highest BCUT2D eigenvalue weighted by atomic mass is 15.2. The van der Waals surface area contributed by atoms with Gasteiger partial charge in [-0.2, -0.15) is 0 Å². The molecule has 0 amide bonds. The summed E-state index contributed by atoms with van der Waals surface area (Å²) >= 11 is 0. The van der Waals surface area contributed by atoms with E-state index in [0.29, 0.717) is 5.92 Å². The Morgan fingerprint density at radius 3 is 2.32 bits per heavy atom. The highest BCUT2D eigenvalue weighted by molar-refractivity contribution is 5.68. The van der Waals surface area contributed by atoms with Crippen LogP contribution in [0, 0.1) is 5.92 Å². The first kappa shape index (κ1) is 28.4. The number of rotatable bonds is 7. The minimum atomic E-state index is 0.513. The van der Waals surface area contributed by atoms with E-state index < -0.39 is 0 Å². The zero-order valence-electron chi connectivity index (χ0n) is 24.6. The Morgan fingerprint density at radius 1 is 0.974 bits per heavy atom. The summed E-state index contributed by atoms with van der Waals surface area (Å²) in [6, 6.07) is 12.1. The highest BCUT2D eigenvalue weighted by Gasteiger charge is 2.27. The van der Waals surface area contributed by atoms with Crippen molar-refractivity contribution in [2.75, 3.05) is 26.2 Å². The number of benzene rings is 1. The van der Waals surface area contributed by atoms with Gasteiger partial charge in [-0.3, -0.25) is 4.98 Å². The topological polar surface area (TPSA) is 19.4 Å². The number of allylic oxidation sites excluding steroid dienone is 4. The summed E-state index contributed by atoms with van der Waals surface area (Å²) in [5, 5.41) is 0. The normalized spacial score (nSPS) is 19.6. The Kier molecular flexibility index (Phi) is 10.0. The van der Waals surface area contributed by atoms with Crippen molar-refractivity contribution in [3.05, 3.63) is 83.2 Å². The fourth-order valence-corrected chi connectivity index (χ4v) is 6.75. The van der Waals surface area contributed by atoms with Crippen molar-refractivity contribution in [3.63, 3.8) is 0 Å². The molecule has 2 aromatic rings. The zero-order chi connectivity index (χ0) is 27.1. The van der Waals surface area contributed by atoms with E-state index in [2.05, 4.69) is 78.5 Å². The molecule has 0 N–H and O–H groups in total. The highest BCUT2D eigenvalue weighted by Crippen LogP contribution is 2.33. The second kappa shape index (κ2) is 13.4. The molecule has 0 radical (unpaired) electrons. The molecule has 0 bridgehead atoms. The van der Waals surface area contributed by atoms with Crippen LogP contribution in [0.2, 0.25) is 0 Å². The third-order valence-electron chi connectivity index (χ3n) is 8.74. The van der Waals surface area contributed by atoms with Gasteiger partial charge in [-0.15, -0.1) is 0 Å². The molecule has 3 nitrogen and oxygen atoms in total. The van der Waals surface area contributed by atoms with Crippen LogP contribution in [0.5, 0.6) is 0 Å². The van der Waals surface area contributed by atoms with Gasteiger partial charge in [0.25, 0.3) is 0 Å². The average molecular weight is 512 g/mol. The first-order valence-corrected chi connectivity index (χ1v) is 15.1. The van der Waals surface area contributed by atoms with E-state index in [1.54, 1.807) is 11.1 Å². The standard InChI is InChI=1S/C33H43N3.C2H6/c1-24-8-7-9-25(2)33(24)26(3)20-28-21-31(23-34-22-28)30-12-10-29(11-13-30)27(4)35-18-14-32(15-19-35)36-16-5-6-17-36;1-2/h8,10-13,21-23,26,32H,4-7,9,14-20H2,1-3H3;1-2H3. The molecule has 0 spiro atoms. The number of hydrogen-bond acceptors (Lipinski definition) is 3. The second-order valence-corrected chi connectivity index (χ2v) is 11.3. The van der Waals surface area contributed by atoms with Crippen molar-refractivity contribution in [1.82, 2.24) is 14.8 Å². The summed E-state index contributed by atoms with van der Waals surface area (Å²) < 4.78 is 0. The summed E-state index contributed by atoms with van der Waals surface area (Å²) in [5.41, 5.74) is 10.7. The molecule has 2 fully saturated rings. The Balaban J connectivity index is 0.00000164. The van der Waals surface area contributed by atoms with Crippen molar-refractivity contribution in [1.29, 1.82) is 0 Å². The summed E-state index contributed by atoms with van der Waals surface area (Å²) in [4.78, 5) is 9.81. The van der Waals surface area contributed by atoms with E-state index in [1.807, 2.05) is 26.2 Å². The number of piperidine rings is 1. The van der Waals surface area contributed by atoms with Gasteiger partial charge in [-0.25, -0.2) is 0 Å². The number of hydrogen-bond donors (Lipinski definition) is 0. The summed E-state index contributed by atoms with van der Waals surface area (Å²) in [7, 11) is 0. The van der Waals surface area contributed by atoms with E-state index in [9.17, 15) is 0 Å². The Hall–Kier alpha value is -2.65. The molecule has 1 aromatic heterocycles. The van der Waals surface area contributed by atoms with Crippen molar-refractivity contribution < 1.29 is 0 Å². The van der Waals surface area contributed by atoms with E-state index in [-0.39, 0.29) is 0 Å². The number of pyridine rings is 1. The van der Waals surface area contributed by atoms with Crippen LogP contribution in [0.25, 0.3) is 16.8 Å². The van der Waals surface area contributed by atoms with Crippen molar-refractivity contribution in [2.45, 2.75) is 85.6 Å². The van der Waals surface area contributed by atoms with Crippen LogP contribution in [0.15, 0.2) is 72.1 Å². The molecular weight excluding hydrogens is 462 g/mol. The third kappa shape index (κ3) is 6.67. The summed E-state index contributed by atoms with van der Waals surface area (Å²) in [5.74, 6) is 0.513. The van der Waals surface area contributed by atoms with E-state index in [1.165, 1.54) is 85.1 Å². The lowest BCUT2D eigenvalue weighted by Crippen LogP contribution is -2.42. The quantitative estimate of drug-likeness (QED) is 0.371. The molecule has 2 aliphatic heterocycles. The smallest absolute Gasteiger partial charge is 0.0366 e. The lowest BCUT2D eigenvalue weighted by Gasteiger charge is -2.38. The molecule has 1 atom stereocenters. The Labute approximate surface area is 232 Å². The number of nitrogens with zero attached hydrogens (tertiary/aromatic N) is 3. The SMILES string of the molecule is C=C(c1ccc(-c2cncc(CC(C)C3=C(C)CCC=C3C)c2)cc1)N1CCC(N2CCCC2)CC1.CC. The molecular formula is C35H49N3. The molecule has 204 valence electrons. The van der Waals surface area contributed by atoms with Crippen LogP contribution in [-0.2, 0) is 6.42 Å². The molecule has 1 unspecified atom stereocenters. The lowest BCUT2D eigenvalue weighted by molar-refractivity contribution is 0.159. The van der Waals surface area contributed by atoms with Crippen LogP contribution in [0.1, 0.15) is 84.3 Å². The van der Waals surface area contributed by atoms with E-state index in [0.717, 1.165) is 25.6 Å². The minimum Gasteiger partial charge on any atom is -0.371 e. The van der Waals surface area contributed by atoms with Gasteiger partial charge in [-0.1, -0.05) is 68.8 Å². The molecule has 3 heteroatoms. The van der Waals surface area contributed by atoms with E-state index >= 15 is 0 Å². The molecule has 1 aliphatic carbocycles. The maximum absolute atomic E-state index is 4.61. The van der Waals surface area contributed by atoms with Crippen LogP contribution in [0.4, 0.5) is 0 Å². The average Bonchev–Trinajstić information content (AvgIpc) is 3.49. The monoisotopic (exact) mass is 511 g/mol. The molecule has 38 heavy (non-hydrogen) atoms. The first-order chi connectivity index (χ1) is 18.5. The van der Waals surface area contributed by atoms with E-state index in [4.69, 9.17) is 0 Å². The maximum Gasteiger partial charge on any atom is 0.0366 e.